The van der Waals surface area contributed by atoms with Crippen LogP contribution in [0.3, 0.4) is 0 Å². The molecule has 1 N–H and O–H groups in total. The molecule has 0 aliphatic carbocycles. The van der Waals surface area contributed by atoms with E-state index in [0.717, 1.165) is 18.2 Å². The van der Waals surface area contributed by atoms with Crippen LogP contribution in [-0.4, -0.2) is 14.2 Å². The van der Waals surface area contributed by atoms with Crippen LogP contribution in [0, 0.1) is 11.6 Å². The molecule has 0 aromatic heterocycles. The first-order valence-electron chi connectivity index (χ1n) is 5.82. The number of hydrogen-bond acceptors (Lipinski definition) is 3. The lowest BCUT2D eigenvalue weighted by atomic mass is 10.3. The van der Waals surface area contributed by atoms with Gasteiger partial charge in [0.2, 0.25) is 0 Å². The van der Waals surface area contributed by atoms with Gasteiger partial charge in [0.1, 0.15) is 11.6 Å². The van der Waals surface area contributed by atoms with Gasteiger partial charge < -0.3 is 0 Å². The van der Waals surface area contributed by atoms with Crippen molar-refractivity contribution in [3.8, 4) is 0 Å². The van der Waals surface area contributed by atoms with Crippen LogP contribution in [-0.2, 0) is 10.0 Å². The topological polar surface area (TPSA) is 46.2 Å². The van der Waals surface area contributed by atoms with Crippen molar-refractivity contribution >= 4 is 27.5 Å². The van der Waals surface area contributed by atoms with Crippen molar-refractivity contribution in [1.29, 1.82) is 0 Å². The molecule has 0 radical (unpaired) electrons. The number of nitrogens with one attached hydrogen (secondary N) is 1. The summed E-state index contributed by atoms with van der Waals surface area (Å²) in [4.78, 5) is -1.22. The summed E-state index contributed by atoms with van der Waals surface area (Å²) in [5.41, 5.74) is -0.185. The van der Waals surface area contributed by atoms with Crippen LogP contribution in [0.2, 0.25) is 0 Å². The van der Waals surface area contributed by atoms with Gasteiger partial charge >= 0.3 is 0 Å². The van der Waals surface area contributed by atoms with Crippen molar-refractivity contribution in [3.05, 3.63) is 54.1 Å². The molecule has 0 amide bonds. The lowest BCUT2D eigenvalue weighted by Gasteiger charge is -2.12. The van der Waals surface area contributed by atoms with Crippen LogP contribution in [0.5, 0.6) is 0 Å². The zero-order valence-corrected chi connectivity index (χ0v) is 12.4. The monoisotopic (exact) mass is 351 g/mol. The van der Waals surface area contributed by atoms with E-state index in [1.807, 2.05) is 4.72 Å². The smallest absolute Gasteiger partial charge is 0.278 e. The van der Waals surface area contributed by atoms with Crippen molar-refractivity contribution in [1.82, 2.24) is 0 Å². The Balaban J connectivity index is 2.42. The number of alkyl halides is 2. The SMILES string of the molecule is O=S(=O)(Nc1ccccc1SC(F)F)c1c(F)cccc1F. The van der Waals surface area contributed by atoms with E-state index in [1.165, 1.54) is 24.3 Å². The van der Waals surface area contributed by atoms with Gasteiger partial charge in [0, 0.05) is 4.90 Å². The van der Waals surface area contributed by atoms with Crippen LogP contribution >= 0.6 is 11.8 Å². The Morgan fingerprint density at radius 3 is 2.14 bits per heavy atom. The quantitative estimate of drug-likeness (QED) is 0.652. The van der Waals surface area contributed by atoms with Crippen molar-refractivity contribution in [2.75, 3.05) is 4.72 Å². The summed E-state index contributed by atoms with van der Waals surface area (Å²) in [7, 11) is -4.59. The van der Waals surface area contributed by atoms with Gasteiger partial charge in [-0.2, -0.15) is 8.78 Å². The van der Waals surface area contributed by atoms with Crippen molar-refractivity contribution in [3.63, 3.8) is 0 Å². The molecular formula is C13H9F4NO2S2. The highest BCUT2D eigenvalue weighted by Gasteiger charge is 2.25. The molecule has 0 aliphatic rings. The zero-order chi connectivity index (χ0) is 16.3. The van der Waals surface area contributed by atoms with E-state index in [1.54, 1.807) is 0 Å². The first-order valence-corrected chi connectivity index (χ1v) is 8.18. The highest BCUT2D eigenvalue weighted by Crippen LogP contribution is 2.33. The summed E-state index contributed by atoms with van der Waals surface area (Å²) < 4.78 is 78.2. The number of anilines is 1. The lowest BCUT2D eigenvalue weighted by molar-refractivity contribution is 0.252. The minimum absolute atomic E-state index is 0.0576. The van der Waals surface area contributed by atoms with E-state index in [4.69, 9.17) is 0 Å². The van der Waals surface area contributed by atoms with E-state index < -0.39 is 32.3 Å². The van der Waals surface area contributed by atoms with Gasteiger partial charge in [-0.15, -0.1) is 0 Å². The number of hydrogen-bond donors (Lipinski definition) is 1. The van der Waals surface area contributed by atoms with Crippen LogP contribution in [0.1, 0.15) is 0 Å². The first-order chi connectivity index (χ1) is 10.3. The van der Waals surface area contributed by atoms with Gasteiger partial charge in [-0.1, -0.05) is 30.0 Å². The molecule has 2 aromatic rings. The molecular weight excluding hydrogens is 342 g/mol. The maximum absolute atomic E-state index is 13.6. The molecule has 0 saturated heterocycles. The molecule has 0 atom stereocenters. The molecule has 2 aromatic carbocycles. The molecule has 0 heterocycles. The van der Waals surface area contributed by atoms with Gasteiger partial charge in [-0.25, -0.2) is 17.2 Å². The van der Waals surface area contributed by atoms with Gasteiger partial charge in [-0.05, 0) is 24.3 Å². The number of halogens is 4. The minimum atomic E-state index is -4.59. The minimum Gasteiger partial charge on any atom is -0.278 e. The Kier molecular flexibility index (Phi) is 4.97. The third-order valence-corrected chi connectivity index (χ3v) is 4.74. The summed E-state index contributed by atoms with van der Waals surface area (Å²) in [6, 6.07) is 7.93. The molecule has 0 bridgehead atoms. The summed E-state index contributed by atoms with van der Waals surface area (Å²) in [6.07, 6.45) is 0. The molecule has 22 heavy (non-hydrogen) atoms. The van der Waals surface area contributed by atoms with Crippen molar-refractivity contribution < 1.29 is 26.0 Å². The number of benzene rings is 2. The highest BCUT2D eigenvalue weighted by atomic mass is 32.2. The average molecular weight is 351 g/mol. The predicted octanol–water partition coefficient (Wildman–Crippen LogP) is 4.08. The lowest BCUT2D eigenvalue weighted by Crippen LogP contribution is -2.17. The second-order valence-electron chi connectivity index (χ2n) is 4.03. The standard InChI is InChI=1S/C13H9F4NO2S2/c14-8-4-3-5-9(15)12(8)22(19,20)18-10-6-1-2-7-11(10)21-13(16)17/h1-7,13,18H. The number of sulfonamides is 1. The van der Waals surface area contributed by atoms with Crippen LogP contribution in [0.4, 0.5) is 23.2 Å². The Bertz CT molecular complexity index is 761. The van der Waals surface area contributed by atoms with Crippen LogP contribution in [0.15, 0.2) is 52.3 Å². The fourth-order valence-electron chi connectivity index (χ4n) is 1.68. The molecule has 0 saturated carbocycles. The first kappa shape index (κ1) is 16.6. The molecule has 3 nitrogen and oxygen atoms in total. The maximum Gasteiger partial charge on any atom is 0.288 e. The Labute approximate surface area is 128 Å². The highest BCUT2D eigenvalue weighted by molar-refractivity contribution is 7.99. The Morgan fingerprint density at radius 1 is 0.955 bits per heavy atom. The largest absolute Gasteiger partial charge is 0.288 e. The molecule has 0 fully saturated rings. The summed E-state index contributed by atoms with van der Waals surface area (Å²) in [6.45, 7) is 0. The van der Waals surface area contributed by atoms with Gasteiger partial charge in [0.25, 0.3) is 15.8 Å². The van der Waals surface area contributed by atoms with Crippen LogP contribution < -0.4 is 4.72 Å². The van der Waals surface area contributed by atoms with Gasteiger partial charge in [0.15, 0.2) is 4.90 Å². The fourth-order valence-corrected chi connectivity index (χ4v) is 3.56. The maximum atomic E-state index is 13.6. The zero-order valence-electron chi connectivity index (χ0n) is 10.8. The third-order valence-electron chi connectivity index (χ3n) is 2.54. The van der Waals surface area contributed by atoms with E-state index >= 15 is 0 Å². The van der Waals surface area contributed by atoms with Crippen LogP contribution in [0.25, 0.3) is 0 Å². The fraction of sp³-hybridized carbons (Fsp3) is 0.0769. The molecule has 0 unspecified atom stereocenters. The van der Waals surface area contributed by atoms with Crippen molar-refractivity contribution in [2.24, 2.45) is 0 Å². The second-order valence-corrected chi connectivity index (χ2v) is 6.68. The molecule has 0 spiro atoms. The second kappa shape index (κ2) is 6.57. The molecule has 118 valence electrons. The summed E-state index contributed by atoms with van der Waals surface area (Å²) >= 11 is 0.122. The molecule has 2 rings (SSSR count). The van der Waals surface area contributed by atoms with E-state index in [-0.39, 0.29) is 22.3 Å². The summed E-state index contributed by atoms with van der Waals surface area (Å²) in [5, 5.41) is 0. The number of rotatable bonds is 5. The van der Waals surface area contributed by atoms with Gasteiger partial charge in [-0.3, -0.25) is 4.72 Å². The third kappa shape index (κ3) is 3.72. The normalized spacial score (nSPS) is 11.7. The predicted molar refractivity (Wildman–Crippen MR) is 75.5 cm³/mol. The Hall–Kier alpha value is -1.74. The van der Waals surface area contributed by atoms with E-state index in [0.29, 0.717) is 0 Å². The van der Waals surface area contributed by atoms with Gasteiger partial charge in [0.05, 0.1) is 5.69 Å². The number of para-hydroxylation sites is 1. The summed E-state index contributed by atoms with van der Waals surface area (Å²) in [5.74, 6) is -5.31. The van der Waals surface area contributed by atoms with Crippen molar-refractivity contribution in [2.45, 2.75) is 15.5 Å². The van der Waals surface area contributed by atoms with E-state index in [9.17, 15) is 26.0 Å². The molecule has 0 aliphatic heterocycles. The van der Waals surface area contributed by atoms with E-state index in [2.05, 4.69) is 0 Å². The average Bonchev–Trinajstić information content (AvgIpc) is 2.39. The number of thioether (sulfide) groups is 1. The molecule has 9 heteroatoms. The Morgan fingerprint density at radius 2 is 1.55 bits per heavy atom.